The van der Waals surface area contributed by atoms with E-state index >= 15 is 0 Å². The van der Waals surface area contributed by atoms with Crippen molar-refractivity contribution in [3.8, 4) is 0 Å². The van der Waals surface area contributed by atoms with Gasteiger partial charge in [-0.1, -0.05) is 0 Å². The predicted octanol–water partition coefficient (Wildman–Crippen LogP) is 2.86. The first-order valence-corrected chi connectivity index (χ1v) is 8.04. The van der Waals surface area contributed by atoms with E-state index in [1.807, 2.05) is 24.1 Å². The number of thiophene rings is 1. The van der Waals surface area contributed by atoms with Crippen molar-refractivity contribution < 1.29 is 9.90 Å². The maximum Gasteiger partial charge on any atom is 0.255 e. The minimum atomic E-state index is 0.137. The van der Waals surface area contributed by atoms with Crippen molar-refractivity contribution in [3.05, 3.63) is 21.4 Å². The van der Waals surface area contributed by atoms with Crippen LogP contribution in [0.1, 0.15) is 53.9 Å². The number of carbonyl (C=O) groups is 1. The molecule has 1 aromatic rings. The lowest BCUT2D eigenvalue weighted by atomic mass is 9.95. The molecule has 1 heterocycles. The van der Waals surface area contributed by atoms with Crippen molar-refractivity contribution in [2.75, 3.05) is 13.2 Å². The molecule has 1 N–H and O–H groups in total. The zero-order chi connectivity index (χ0) is 13.8. The summed E-state index contributed by atoms with van der Waals surface area (Å²) in [6.07, 6.45) is 5.27. The third-order valence-corrected chi connectivity index (χ3v) is 4.82. The van der Waals surface area contributed by atoms with Crippen molar-refractivity contribution in [3.63, 3.8) is 0 Å². The third kappa shape index (κ3) is 3.18. The lowest BCUT2D eigenvalue weighted by molar-refractivity contribution is 0.0692. The molecule has 3 nitrogen and oxygen atoms in total. The highest BCUT2D eigenvalue weighted by Crippen LogP contribution is 2.31. The van der Waals surface area contributed by atoms with Crippen LogP contribution in [0.5, 0.6) is 0 Å². The Kier molecular flexibility index (Phi) is 4.99. The highest BCUT2D eigenvalue weighted by atomic mass is 32.1. The van der Waals surface area contributed by atoms with Gasteiger partial charge >= 0.3 is 0 Å². The van der Waals surface area contributed by atoms with Crippen molar-refractivity contribution in [1.29, 1.82) is 0 Å². The second-order valence-corrected chi connectivity index (χ2v) is 6.39. The molecule has 0 fully saturated rings. The number of hydrogen-bond donors (Lipinski definition) is 1. The Labute approximate surface area is 119 Å². The van der Waals surface area contributed by atoms with Crippen molar-refractivity contribution in [2.45, 2.75) is 52.0 Å². The molecule has 0 unspecified atom stereocenters. The molecule has 0 spiro atoms. The Hall–Kier alpha value is -0.870. The standard InChI is InChI=1S/C15H23NO2S/c1-11(2)16(8-5-9-17)15(18)13-10-19-14-7-4-3-6-12(13)14/h10-11,17H,3-9H2,1-2H3. The van der Waals surface area contributed by atoms with Gasteiger partial charge in [-0.25, -0.2) is 0 Å². The van der Waals surface area contributed by atoms with Gasteiger partial charge in [0, 0.05) is 29.5 Å². The predicted molar refractivity (Wildman–Crippen MR) is 78.8 cm³/mol. The van der Waals surface area contributed by atoms with E-state index in [0.29, 0.717) is 13.0 Å². The number of hydrogen-bond acceptors (Lipinski definition) is 3. The maximum atomic E-state index is 12.7. The summed E-state index contributed by atoms with van der Waals surface area (Å²) in [7, 11) is 0. The first-order valence-electron chi connectivity index (χ1n) is 7.16. The monoisotopic (exact) mass is 281 g/mol. The molecule has 0 saturated heterocycles. The van der Waals surface area contributed by atoms with E-state index in [4.69, 9.17) is 5.11 Å². The summed E-state index contributed by atoms with van der Waals surface area (Å²) in [6, 6.07) is 0.179. The van der Waals surface area contributed by atoms with E-state index in [1.54, 1.807) is 11.3 Å². The minimum Gasteiger partial charge on any atom is -0.396 e. The number of carbonyl (C=O) groups excluding carboxylic acids is 1. The van der Waals surface area contributed by atoms with Gasteiger partial charge in [0.15, 0.2) is 0 Å². The number of aliphatic hydroxyl groups is 1. The number of nitrogens with zero attached hydrogens (tertiary/aromatic N) is 1. The third-order valence-electron chi connectivity index (χ3n) is 3.73. The summed E-state index contributed by atoms with van der Waals surface area (Å²) < 4.78 is 0. The fraction of sp³-hybridized carbons (Fsp3) is 0.667. The molecule has 2 rings (SSSR count). The Morgan fingerprint density at radius 1 is 1.42 bits per heavy atom. The van der Waals surface area contributed by atoms with Crippen LogP contribution >= 0.6 is 11.3 Å². The van der Waals surface area contributed by atoms with Crippen LogP contribution in [0, 0.1) is 0 Å². The summed E-state index contributed by atoms with van der Waals surface area (Å²) in [6.45, 7) is 4.85. The number of rotatable bonds is 5. The highest BCUT2D eigenvalue weighted by molar-refractivity contribution is 7.10. The Morgan fingerprint density at radius 3 is 2.84 bits per heavy atom. The molecule has 1 amide bonds. The zero-order valence-electron chi connectivity index (χ0n) is 11.8. The molecule has 1 aromatic heterocycles. The van der Waals surface area contributed by atoms with Gasteiger partial charge in [0.25, 0.3) is 5.91 Å². The molecule has 0 atom stereocenters. The SMILES string of the molecule is CC(C)N(CCCO)C(=O)c1csc2c1CCCC2. The normalized spacial score (nSPS) is 14.5. The largest absolute Gasteiger partial charge is 0.396 e. The maximum absolute atomic E-state index is 12.7. The van der Waals surface area contributed by atoms with Crippen LogP contribution in [0.25, 0.3) is 0 Å². The molecule has 106 valence electrons. The van der Waals surface area contributed by atoms with Crippen LogP contribution in [0.3, 0.4) is 0 Å². The number of aliphatic hydroxyl groups excluding tert-OH is 1. The minimum absolute atomic E-state index is 0.137. The second-order valence-electron chi connectivity index (χ2n) is 5.43. The lowest BCUT2D eigenvalue weighted by Crippen LogP contribution is -2.38. The Balaban J connectivity index is 2.19. The van der Waals surface area contributed by atoms with E-state index in [1.165, 1.54) is 23.3 Å². The molecule has 1 aliphatic rings. The molecule has 19 heavy (non-hydrogen) atoms. The van der Waals surface area contributed by atoms with Gasteiger partial charge in [-0.3, -0.25) is 4.79 Å². The smallest absolute Gasteiger partial charge is 0.255 e. The van der Waals surface area contributed by atoms with Crippen LogP contribution in [-0.2, 0) is 12.8 Å². The van der Waals surface area contributed by atoms with Gasteiger partial charge in [-0.15, -0.1) is 11.3 Å². The van der Waals surface area contributed by atoms with E-state index < -0.39 is 0 Å². The average molecular weight is 281 g/mol. The summed E-state index contributed by atoms with van der Waals surface area (Å²) in [5, 5.41) is 11.0. The van der Waals surface area contributed by atoms with Crippen molar-refractivity contribution in [2.24, 2.45) is 0 Å². The van der Waals surface area contributed by atoms with Crippen molar-refractivity contribution >= 4 is 17.2 Å². The van der Waals surface area contributed by atoms with E-state index in [9.17, 15) is 4.79 Å². The first kappa shape index (κ1) is 14.5. The fourth-order valence-electron chi connectivity index (χ4n) is 2.66. The van der Waals surface area contributed by atoms with Crippen LogP contribution in [-0.4, -0.2) is 35.1 Å². The van der Waals surface area contributed by atoms with Gasteiger partial charge < -0.3 is 10.0 Å². The molecule has 4 heteroatoms. The molecular formula is C15H23NO2S. The Bertz CT molecular complexity index is 439. The molecule has 0 aliphatic heterocycles. The fourth-order valence-corrected chi connectivity index (χ4v) is 3.78. The summed E-state index contributed by atoms with van der Waals surface area (Å²) in [5.41, 5.74) is 2.20. The topological polar surface area (TPSA) is 40.5 Å². The lowest BCUT2D eigenvalue weighted by Gasteiger charge is -2.27. The molecule has 1 aliphatic carbocycles. The van der Waals surface area contributed by atoms with Crippen LogP contribution in [0.4, 0.5) is 0 Å². The van der Waals surface area contributed by atoms with Crippen LogP contribution < -0.4 is 0 Å². The van der Waals surface area contributed by atoms with Gasteiger partial charge in [-0.05, 0) is 51.5 Å². The average Bonchev–Trinajstić information content (AvgIpc) is 2.82. The molecular weight excluding hydrogens is 258 g/mol. The van der Waals surface area contributed by atoms with Gasteiger partial charge in [0.2, 0.25) is 0 Å². The zero-order valence-corrected chi connectivity index (χ0v) is 12.6. The highest BCUT2D eigenvalue weighted by Gasteiger charge is 2.25. The second kappa shape index (κ2) is 6.53. The van der Waals surface area contributed by atoms with Gasteiger partial charge in [-0.2, -0.15) is 0 Å². The van der Waals surface area contributed by atoms with E-state index in [0.717, 1.165) is 18.4 Å². The summed E-state index contributed by atoms with van der Waals surface area (Å²) in [4.78, 5) is 16.0. The van der Waals surface area contributed by atoms with Gasteiger partial charge in [0.05, 0.1) is 5.56 Å². The molecule has 0 bridgehead atoms. The number of amides is 1. The Morgan fingerprint density at radius 2 is 2.16 bits per heavy atom. The summed E-state index contributed by atoms with van der Waals surface area (Å²) in [5.74, 6) is 0.142. The summed E-state index contributed by atoms with van der Waals surface area (Å²) >= 11 is 1.74. The first-order chi connectivity index (χ1) is 9.15. The van der Waals surface area contributed by atoms with Crippen LogP contribution in [0.15, 0.2) is 5.38 Å². The number of aryl methyl sites for hydroxylation is 1. The quantitative estimate of drug-likeness (QED) is 0.901. The molecule has 0 radical (unpaired) electrons. The van der Waals surface area contributed by atoms with E-state index in [2.05, 4.69) is 0 Å². The molecule has 0 aromatic carbocycles. The van der Waals surface area contributed by atoms with Crippen molar-refractivity contribution in [1.82, 2.24) is 4.90 Å². The molecule has 0 saturated carbocycles. The van der Waals surface area contributed by atoms with E-state index in [-0.39, 0.29) is 18.6 Å². The van der Waals surface area contributed by atoms with Crippen LogP contribution in [0.2, 0.25) is 0 Å². The van der Waals surface area contributed by atoms with Gasteiger partial charge in [0.1, 0.15) is 0 Å². The number of fused-ring (bicyclic) bond motifs is 1.